The van der Waals surface area contributed by atoms with Gasteiger partial charge in [0, 0.05) is 0 Å². The molecule has 0 aliphatic heterocycles. The summed E-state index contributed by atoms with van der Waals surface area (Å²) in [5.74, 6) is 0.417. The molecule has 2 aromatic rings. The second-order valence-electron chi connectivity index (χ2n) is 4.36. The van der Waals surface area contributed by atoms with E-state index < -0.39 is 0 Å². The summed E-state index contributed by atoms with van der Waals surface area (Å²) < 4.78 is 5.83. The number of rotatable bonds is 4. The monoisotopic (exact) mass is 275 g/mol. The Labute approximate surface area is 114 Å². The molecule has 0 bridgehead atoms. The highest BCUT2D eigenvalue weighted by molar-refractivity contribution is 7.13. The van der Waals surface area contributed by atoms with Crippen molar-refractivity contribution < 1.29 is 9.53 Å². The predicted molar refractivity (Wildman–Crippen MR) is 72.6 cm³/mol. The maximum absolute atomic E-state index is 12.2. The van der Waals surface area contributed by atoms with Crippen LogP contribution in [0.3, 0.4) is 0 Å². The van der Waals surface area contributed by atoms with Crippen LogP contribution in [0.4, 0.5) is 5.13 Å². The lowest BCUT2D eigenvalue weighted by Crippen LogP contribution is -2.26. The van der Waals surface area contributed by atoms with E-state index in [4.69, 9.17) is 4.74 Å². The number of anilines is 1. The molecule has 98 valence electrons. The lowest BCUT2D eigenvalue weighted by molar-refractivity contribution is 0.0992. The minimum Gasteiger partial charge on any atom is -0.490 e. The van der Waals surface area contributed by atoms with Crippen molar-refractivity contribution in [3.05, 3.63) is 35.3 Å². The van der Waals surface area contributed by atoms with Gasteiger partial charge in [-0.3, -0.25) is 10.1 Å². The van der Waals surface area contributed by atoms with Crippen molar-refractivity contribution in [3.63, 3.8) is 0 Å². The molecule has 0 spiro atoms. The van der Waals surface area contributed by atoms with Crippen LogP contribution >= 0.6 is 11.3 Å². The average Bonchev–Trinajstić information content (AvgIpc) is 2.87. The number of amides is 1. The fourth-order valence-corrected chi connectivity index (χ4v) is 2.26. The Bertz CT molecular complexity index is 567. The SMILES string of the molecule is O=C(Nc1nncs1)c1ccccc1OC1CCC1. The molecule has 1 aliphatic rings. The van der Waals surface area contributed by atoms with Crippen LogP contribution in [0.5, 0.6) is 5.75 Å². The zero-order valence-corrected chi connectivity index (χ0v) is 11.0. The van der Waals surface area contributed by atoms with Crippen LogP contribution in [0.25, 0.3) is 0 Å². The molecule has 1 fully saturated rings. The first-order valence-electron chi connectivity index (χ1n) is 6.16. The number of carbonyl (C=O) groups excluding carboxylic acids is 1. The summed E-state index contributed by atoms with van der Waals surface area (Å²) in [6, 6.07) is 7.27. The van der Waals surface area contributed by atoms with E-state index in [2.05, 4.69) is 15.5 Å². The van der Waals surface area contributed by atoms with Gasteiger partial charge in [0.15, 0.2) is 0 Å². The van der Waals surface area contributed by atoms with Crippen LogP contribution in [0.2, 0.25) is 0 Å². The van der Waals surface area contributed by atoms with Crippen molar-refractivity contribution in [2.45, 2.75) is 25.4 Å². The second-order valence-corrected chi connectivity index (χ2v) is 5.20. The molecule has 1 saturated carbocycles. The van der Waals surface area contributed by atoms with Gasteiger partial charge in [0.25, 0.3) is 5.91 Å². The van der Waals surface area contributed by atoms with E-state index in [1.54, 1.807) is 11.6 Å². The topological polar surface area (TPSA) is 64.1 Å². The number of aromatic nitrogens is 2. The Morgan fingerprint density at radius 3 is 2.89 bits per heavy atom. The Morgan fingerprint density at radius 2 is 2.21 bits per heavy atom. The van der Waals surface area contributed by atoms with Crippen LogP contribution in [-0.4, -0.2) is 22.2 Å². The Hall–Kier alpha value is -1.95. The highest BCUT2D eigenvalue weighted by Crippen LogP contribution is 2.28. The van der Waals surface area contributed by atoms with Crippen LogP contribution in [0.15, 0.2) is 29.8 Å². The largest absolute Gasteiger partial charge is 0.490 e. The molecule has 1 N–H and O–H groups in total. The Kier molecular flexibility index (Phi) is 3.41. The van der Waals surface area contributed by atoms with E-state index in [1.807, 2.05) is 18.2 Å². The van der Waals surface area contributed by atoms with E-state index in [0.29, 0.717) is 16.4 Å². The van der Waals surface area contributed by atoms with Crippen LogP contribution < -0.4 is 10.1 Å². The van der Waals surface area contributed by atoms with Gasteiger partial charge in [-0.2, -0.15) is 0 Å². The van der Waals surface area contributed by atoms with E-state index in [9.17, 15) is 4.79 Å². The molecule has 1 amide bonds. The predicted octanol–water partition coefficient (Wildman–Crippen LogP) is 2.72. The first kappa shape index (κ1) is 12.1. The first-order valence-corrected chi connectivity index (χ1v) is 7.04. The summed E-state index contributed by atoms with van der Waals surface area (Å²) in [7, 11) is 0. The maximum atomic E-state index is 12.2. The summed E-state index contributed by atoms with van der Waals surface area (Å²) in [6.07, 6.45) is 3.57. The van der Waals surface area contributed by atoms with Gasteiger partial charge in [-0.15, -0.1) is 10.2 Å². The number of para-hydroxylation sites is 1. The third-order valence-electron chi connectivity index (χ3n) is 3.06. The number of hydrogen-bond acceptors (Lipinski definition) is 5. The third kappa shape index (κ3) is 2.73. The van der Waals surface area contributed by atoms with Gasteiger partial charge in [0.1, 0.15) is 11.3 Å². The molecule has 0 atom stereocenters. The molecule has 1 aromatic carbocycles. The number of carbonyl (C=O) groups is 1. The molecule has 1 aromatic heterocycles. The molecule has 0 radical (unpaired) electrons. The molecule has 6 heteroatoms. The van der Waals surface area contributed by atoms with Gasteiger partial charge >= 0.3 is 0 Å². The second kappa shape index (κ2) is 5.36. The number of nitrogens with one attached hydrogen (secondary N) is 1. The van der Waals surface area contributed by atoms with Crippen LogP contribution in [0, 0.1) is 0 Å². The fraction of sp³-hybridized carbons (Fsp3) is 0.308. The van der Waals surface area contributed by atoms with Crippen molar-refractivity contribution in [1.29, 1.82) is 0 Å². The van der Waals surface area contributed by atoms with E-state index >= 15 is 0 Å². The summed E-state index contributed by atoms with van der Waals surface area (Å²) in [4.78, 5) is 12.2. The molecule has 0 saturated heterocycles. The normalized spacial score (nSPS) is 14.7. The van der Waals surface area contributed by atoms with Gasteiger partial charge in [0.2, 0.25) is 5.13 Å². The van der Waals surface area contributed by atoms with E-state index in [0.717, 1.165) is 12.8 Å². The highest BCUT2D eigenvalue weighted by atomic mass is 32.1. The lowest BCUT2D eigenvalue weighted by Gasteiger charge is -2.27. The zero-order chi connectivity index (χ0) is 13.1. The van der Waals surface area contributed by atoms with Gasteiger partial charge in [-0.05, 0) is 31.4 Å². The quantitative estimate of drug-likeness (QED) is 0.931. The smallest absolute Gasteiger partial charge is 0.261 e. The number of benzene rings is 1. The molecule has 1 heterocycles. The van der Waals surface area contributed by atoms with Crippen molar-refractivity contribution in [2.75, 3.05) is 5.32 Å². The molecule has 5 nitrogen and oxygen atoms in total. The van der Waals surface area contributed by atoms with E-state index in [-0.39, 0.29) is 12.0 Å². The summed E-state index contributed by atoms with van der Waals surface area (Å²) in [6.45, 7) is 0. The Morgan fingerprint density at radius 1 is 1.37 bits per heavy atom. The standard InChI is InChI=1S/C13H13N3O2S/c17-12(15-13-16-14-8-19-13)10-6-1-2-7-11(10)18-9-4-3-5-9/h1-2,6-9H,3-5H2,(H,15,16,17). The zero-order valence-electron chi connectivity index (χ0n) is 10.2. The number of hydrogen-bond donors (Lipinski definition) is 1. The summed E-state index contributed by atoms with van der Waals surface area (Å²) in [5.41, 5.74) is 2.11. The first-order chi connectivity index (χ1) is 9.33. The minimum absolute atomic E-state index is 0.216. The van der Waals surface area contributed by atoms with Gasteiger partial charge in [-0.1, -0.05) is 23.5 Å². The minimum atomic E-state index is -0.216. The summed E-state index contributed by atoms with van der Waals surface area (Å²) >= 11 is 1.29. The molecule has 1 aliphatic carbocycles. The third-order valence-corrected chi connectivity index (χ3v) is 3.66. The molecule has 3 rings (SSSR count). The Balaban J connectivity index is 1.76. The number of nitrogens with zero attached hydrogens (tertiary/aromatic N) is 2. The molecular formula is C13H13N3O2S. The summed E-state index contributed by atoms with van der Waals surface area (Å²) in [5, 5.41) is 10.7. The van der Waals surface area contributed by atoms with Crippen molar-refractivity contribution in [1.82, 2.24) is 10.2 Å². The van der Waals surface area contributed by atoms with Crippen molar-refractivity contribution >= 4 is 22.4 Å². The van der Waals surface area contributed by atoms with Crippen molar-refractivity contribution in [2.24, 2.45) is 0 Å². The van der Waals surface area contributed by atoms with Crippen LogP contribution in [0.1, 0.15) is 29.6 Å². The van der Waals surface area contributed by atoms with Crippen molar-refractivity contribution in [3.8, 4) is 5.75 Å². The molecular weight excluding hydrogens is 262 g/mol. The molecule has 0 unspecified atom stereocenters. The maximum Gasteiger partial charge on any atom is 0.261 e. The molecule has 19 heavy (non-hydrogen) atoms. The van der Waals surface area contributed by atoms with Gasteiger partial charge in [0.05, 0.1) is 11.7 Å². The van der Waals surface area contributed by atoms with Gasteiger partial charge < -0.3 is 4.74 Å². The lowest BCUT2D eigenvalue weighted by atomic mass is 9.96. The highest BCUT2D eigenvalue weighted by Gasteiger charge is 2.22. The van der Waals surface area contributed by atoms with E-state index in [1.165, 1.54) is 17.8 Å². The number of ether oxygens (including phenoxy) is 1. The average molecular weight is 275 g/mol. The van der Waals surface area contributed by atoms with Crippen LogP contribution in [-0.2, 0) is 0 Å². The fourth-order valence-electron chi connectivity index (χ4n) is 1.82. The van der Waals surface area contributed by atoms with Gasteiger partial charge in [-0.25, -0.2) is 0 Å².